The van der Waals surface area contributed by atoms with Gasteiger partial charge in [-0.1, -0.05) is 41.9 Å². The summed E-state index contributed by atoms with van der Waals surface area (Å²) in [5.74, 6) is -0.842. The lowest BCUT2D eigenvalue weighted by molar-refractivity contribution is -0.115. The van der Waals surface area contributed by atoms with Crippen molar-refractivity contribution in [2.75, 3.05) is 5.32 Å². The van der Waals surface area contributed by atoms with Crippen LogP contribution in [0.25, 0.3) is 0 Å². The molecule has 4 nitrogen and oxygen atoms in total. The fourth-order valence-electron chi connectivity index (χ4n) is 1.82. The van der Waals surface area contributed by atoms with Gasteiger partial charge in [-0.15, -0.1) is 0 Å². The number of halogens is 1. The molecule has 0 aliphatic heterocycles. The van der Waals surface area contributed by atoms with Crippen LogP contribution in [0.1, 0.15) is 15.9 Å². The van der Waals surface area contributed by atoms with Crippen LogP contribution in [0, 0.1) is 0 Å². The van der Waals surface area contributed by atoms with Gasteiger partial charge in [-0.25, -0.2) is 0 Å². The summed E-state index contributed by atoms with van der Waals surface area (Å²) in [6.07, 6.45) is 0.132. The van der Waals surface area contributed by atoms with Crippen LogP contribution in [0.4, 0.5) is 5.69 Å². The van der Waals surface area contributed by atoms with Gasteiger partial charge in [-0.3, -0.25) is 9.59 Å². The second-order valence-corrected chi connectivity index (χ2v) is 4.63. The highest BCUT2D eigenvalue weighted by atomic mass is 35.5. The summed E-state index contributed by atoms with van der Waals surface area (Å²) in [5, 5.41) is 3.20. The Morgan fingerprint density at radius 2 is 1.70 bits per heavy atom. The van der Waals surface area contributed by atoms with Crippen LogP contribution in [-0.4, -0.2) is 11.8 Å². The van der Waals surface area contributed by atoms with Gasteiger partial charge in [0.1, 0.15) is 0 Å². The van der Waals surface area contributed by atoms with Gasteiger partial charge in [0.25, 0.3) is 5.91 Å². The van der Waals surface area contributed by atoms with Gasteiger partial charge in [0, 0.05) is 5.02 Å². The number of hydrogen-bond acceptors (Lipinski definition) is 2. The van der Waals surface area contributed by atoms with Crippen molar-refractivity contribution in [3.8, 4) is 0 Å². The minimum absolute atomic E-state index is 0.132. The van der Waals surface area contributed by atoms with E-state index in [4.69, 9.17) is 17.3 Å². The molecular weight excluding hydrogens is 276 g/mol. The van der Waals surface area contributed by atoms with Crippen molar-refractivity contribution in [1.29, 1.82) is 0 Å². The van der Waals surface area contributed by atoms with Crippen molar-refractivity contribution in [2.24, 2.45) is 5.73 Å². The molecule has 0 spiro atoms. The minimum atomic E-state index is -0.585. The molecule has 0 saturated carbocycles. The summed E-state index contributed by atoms with van der Waals surface area (Å²) >= 11 is 6.00. The third kappa shape index (κ3) is 3.36. The Morgan fingerprint density at radius 3 is 2.40 bits per heavy atom. The quantitative estimate of drug-likeness (QED) is 0.908. The first-order valence-electron chi connectivity index (χ1n) is 6.00. The predicted octanol–water partition coefficient (Wildman–Crippen LogP) is 2.62. The average Bonchev–Trinajstić information content (AvgIpc) is 2.41. The summed E-state index contributed by atoms with van der Waals surface area (Å²) in [6, 6.07) is 13.7. The molecule has 0 aromatic heterocycles. The van der Waals surface area contributed by atoms with E-state index in [9.17, 15) is 9.59 Å². The third-order valence-electron chi connectivity index (χ3n) is 2.78. The number of carbonyl (C=O) groups excluding carboxylic acids is 2. The van der Waals surface area contributed by atoms with E-state index < -0.39 is 5.91 Å². The zero-order chi connectivity index (χ0) is 14.5. The Labute approximate surface area is 121 Å². The minimum Gasteiger partial charge on any atom is -0.366 e. The molecule has 0 fully saturated rings. The fraction of sp³-hybridized carbons (Fsp3) is 0.0667. The van der Waals surface area contributed by atoms with E-state index in [1.54, 1.807) is 42.5 Å². The molecule has 0 bridgehead atoms. The van der Waals surface area contributed by atoms with Crippen LogP contribution in [0.5, 0.6) is 0 Å². The highest BCUT2D eigenvalue weighted by Gasteiger charge is 2.11. The van der Waals surface area contributed by atoms with Gasteiger partial charge in [-0.2, -0.15) is 0 Å². The van der Waals surface area contributed by atoms with Gasteiger partial charge in [0.05, 0.1) is 17.7 Å². The molecule has 102 valence electrons. The summed E-state index contributed by atoms with van der Waals surface area (Å²) in [5.41, 5.74) is 6.66. The number of hydrogen-bond donors (Lipinski definition) is 2. The third-order valence-corrected chi connectivity index (χ3v) is 3.14. The van der Waals surface area contributed by atoms with E-state index in [2.05, 4.69) is 5.32 Å². The Morgan fingerprint density at radius 1 is 1.05 bits per heavy atom. The van der Waals surface area contributed by atoms with Crippen molar-refractivity contribution in [3.63, 3.8) is 0 Å². The van der Waals surface area contributed by atoms with Crippen LogP contribution < -0.4 is 11.1 Å². The Balaban J connectivity index is 2.13. The Hall–Kier alpha value is -2.33. The van der Waals surface area contributed by atoms with Crippen LogP contribution in [0.3, 0.4) is 0 Å². The van der Waals surface area contributed by atoms with Gasteiger partial charge in [0.15, 0.2) is 0 Å². The normalized spacial score (nSPS) is 10.1. The van der Waals surface area contributed by atoms with Crippen molar-refractivity contribution in [1.82, 2.24) is 0 Å². The lowest BCUT2D eigenvalue weighted by Gasteiger charge is -2.09. The van der Waals surface area contributed by atoms with Gasteiger partial charge in [0.2, 0.25) is 5.91 Å². The molecule has 0 radical (unpaired) electrons. The molecule has 2 aromatic rings. The molecule has 0 aliphatic rings. The number of nitrogens with one attached hydrogen (secondary N) is 1. The van der Waals surface area contributed by atoms with E-state index >= 15 is 0 Å². The molecular formula is C15H13ClN2O2. The van der Waals surface area contributed by atoms with Gasteiger partial charge >= 0.3 is 0 Å². The van der Waals surface area contributed by atoms with Crippen molar-refractivity contribution in [2.45, 2.75) is 6.42 Å². The molecule has 0 saturated heterocycles. The average molecular weight is 289 g/mol. The number of anilines is 1. The van der Waals surface area contributed by atoms with E-state index in [0.29, 0.717) is 10.7 Å². The first-order valence-corrected chi connectivity index (χ1v) is 6.38. The van der Waals surface area contributed by atoms with Gasteiger partial charge < -0.3 is 11.1 Å². The van der Waals surface area contributed by atoms with E-state index in [0.717, 1.165) is 5.56 Å². The number of para-hydroxylation sites is 1. The van der Waals surface area contributed by atoms with Crippen molar-refractivity contribution in [3.05, 3.63) is 64.7 Å². The van der Waals surface area contributed by atoms with Crippen molar-refractivity contribution >= 4 is 29.1 Å². The topological polar surface area (TPSA) is 72.2 Å². The van der Waals surface area contributed by atoms with Crippen LogP contribution in [-0.2, 0) is 11.2 Å². The maximum atomic E-state index is 12.0. The number of primary amides is 1. The second-order valence-electron chi connectivity index (χ2n) is 4.23. The monoisotopic (exact) mass is 288 g/mol. The fourth-order valence-corrected chi connectivity index (χ4v) is 2.02. The zero-order valence-corrected chi connectivity index (χ0v) is 11.4. The maximum absolute atomic E-state index is 12.0. The molecule has 5 heteroatoms. The zero-order valence-electron chi connectivity index (χ0n) is 10.6. The molecule has 2 rings (SSSR count). The van der Waals surface area contributed by atoms with Crippen LogP contribution >= 0.6 is 11.6 Å². The summed E-state index contributed by atoms with van der Waals surface area (Å²) in [4.78, 5) is 23.3. The van der Waals surface area contributed by atoms with Crippen LogP contribution in [0.2, 0.25) is 5.02 Å². The van der Waals surface area contributed by atoms with E-state index in [1.165, 1.54) is 0 Å². The summed E-state index contributed by atoms with van der Waals surface area (Å²) in [6.45, 7) is 0. The van der Waals surface area contributed by atoms with E-state index in [1.807, 2.05) is 6.07 Å². The second kappa shape index (κ2) is 6.21. The number of benzene rings is 2. The summed E-state index contributed by atoms with van der Waals surface area (Å²) < 4.78 is 0. The number of nitrogens with two attached hydrogens (primary N) is 1. The van der Waals surface area contributed by atoms with E-state index in [-0.39, 0.29) is 17.9 Å². The summed E-state index contributed by atoms with van der Waals surface area (Å²) in [7, 11) is 0. The molecule has 0 atom stereocenters. The highest BCUT2D eigenvalue weighted by Crippen LogP contribution is 2.18. The molecule has 0 unspecified atom stereocenters. The lowest BCUT2D eigenvalue weighted by Crippen LogP contribution is -2.19. The van der Waals surface area contributed by atoms with Crippen LogP contribution in [0.15, 0.2) is 48.5 Å². The lowest BCUT2D eigenvalue weighted by atomic mass is 10.1. The molecule has 0 aliphatic carbocycles. The highest BCUT2D eigenvalue weighted by molar-refractivity contribution is 6.31. The molecule has 20 heavy (non-hydrogen) atoms. The number of rotatable bonds is 4. The predicted molar refractivity (Wildman–Crippen MR) is 78.7 cm³/mol. The molecule has 2 amide bonds. The number of carbonyl (C=O) groups is 2. The molecule has 0 heterocycles. The smallest absolute Gasteiger partial charge is 0.250 e. The first-order chi connectivity index (χ1) is 9.58. The molecule has 2 aromatic carbocycles. The Bertz CT molecular complexity index is 656. The Kier molecular flexibility index (Phi) is 4.38. The largest absolute Gasteiger partial charge is 0.366 e. The standard InChI is InChI=1S/C15H13ClN2O2/c16-12-7-3-1-5-10(12)9-14(19)18-13-8-4-2-6-11(13)15(17)20/h1-8H,9H2,(H2,17,20)(H,18,19). The maximum Gasteiger partial charge on any atom is 0.250 e. The number of amides is 2. The van der Waals surface area contributed by atoms with Gasteiger partial charge in [-0.05, 0) is 23.8 Å². The SMILES string of the molecule is NC(=O)c1ccccc1NC(=O)Cc1ccccc1Cl. The molecule has 3 N–H and O–H groups in total. The van der Waals surface area contributed by atoms with Crippen molar-refractivity contribution < 1.29 is 9.59 Å². The first kappa shape index (κ1) is 14.1.